The molecule has 0 aliphatic heterocycles. The second kappa shape index (κ2) is 11.5. The van der Waals surface area contributed by atoms with Crippen LogP contribution in [0, 0.1) is 0 Å². The van der Waals surface area contributed by atoms with Crippen molar-refractivity contribution in [1.82, 2.24) is 14.6 Å². The summed E-state index contributed by atoms with van der Waals surface area (Å²) in [5.41, 5.74) is 1.44. The average Bonchev–Trinajstić information content (AvgIpc) is 3.63. The Bertz CT molecular complexity index is 1480. The van der Waals surface area contributed by atoms with Gasteiger partial charge in [-0.05, 0) is 82.9 Å². The van der Waals surface area contributed by atoms with Gasteiger partial charge >= 0.3 is 0 Å². The zero-order chi connectivity index (χ0) is 25.6. The van der Waals surface area contributed by atoms with Gasteiger partial charge < -0.3 is 19.0 Å². The number of fused-ring (bicyclic) bond motifs is 1. The first kappa shape index (κ1) is 24.9. The molecule has 2 aromatic carbocycles. The van der Waals surface area contributed by atoms with Crippen molar-refractivity contribution in [3.05, 3.63) is 117 Å². The summed E-state index contributed by atoms with van der Waals surface area (Å²) in [4.78, 5) is 32.3. The van der Waals surface area contributed by atoms with Crippen molar-refractivity contribution in [2.45, 2.75) is 24.0 Å². The van der Waals surface area contributed by atoms with Crippen LogP contribution in [0.2, 0.25) is 0 Å². The molecule has 9 heteroatoms. The number of furan rings is 1. The van der Waals surface area contributed by atoms with Crippen molar-refractivity contribution in [2.24, 2.45) is 0 Å². The molecular formula is C28H25N3O4S2. The molecule has 7 nitrogen and oxygen atoms in total. The highest BCUT2D eigenvalue weighted by Gasteiger charge is 2.27. The van der Waals surface area contributed by atoms with Gasteiger partial charge in [-0.15, -0.1) is 11.3 Å². The Kier molecular flexibility index (Phi) is 7.74. The van der Waals surface area contributed by atoms with Crippen molar-refractivity contribution in [3.63, 3.8) is 0 Å². The van der Waals surface area contributed by atoms with Crippen LogP contribution in [-0.4, -0.2) is 22.9 Å². The molecule has 0 bridgehead atoms. The third-order valence-corrected chi connectivity index (χ3v) is 7.56. The Hall–Kier alpha value is -3.79. The fraction of sp³-hybridized carbons (Fsp3) is 0.143. The minimum absolute atomic E-state index is 0.0763. The number of carbonyl (C=O) groups is 1. The van der Waals surface area contributed by atoms with Crippen LogP contribution in [-0.2, 0) is 17.9 Å². The summed E-state index contributed by atoms with van der Waals surface area (Å²) in [6.45, 7) is 0.825. The number of nitrogens with one attached hydrogen (secondary N) is 2. The summed E-state index contributed by atoms with van der Waals surface area (Å²) >= 11 is 2.99. The van der Waals surface area contributed by atoms with Gasteiger partial charge in [-0.2, -0.15) is 0 Å². The van der Waals surface area contributed by atoms with Crippen LogP contribution in [0.25, 0.3) is 10.9 Å². The summed E-state index contributed by atoms with van der Waals surface area (Å²) < 4.78 is 14.3. The highest BCUT2D eigenvalue weighted by Crippen LogP contribution is 2.28. The van der Waals surface area contributed by atoms with Gasteiger partial charge in [-0.3, -0.25) is 9.59 Å². The summed E-state index contributed by atoms with van der Waals surface area (Å²) in [6, 6.07) is 23.6. The lowest BCUT2D eigenvalue weighted by atomic mass is 10.1. The largest absolute Gasteiger partial charge is 0.497 e. The van der Waals surface area contributed by atoms with E-state index in [2.05, 4.69) is 9.71 Å². The molecule has 1 amide bonds. The number of hydrogen-bond acceptors (Lipinski definition) is 7. The monoisotopic (exact) mass is 531 g/mol. The lowest BCUT2D eigenvalue weighted by Gasteiger charge is -2.27. The fourth-order valence-corrected chi connectivity index (χ4v) is 5.49. The van der Waals surface area contributed by atoms with Crippen LogP contribution >= 0.6 is 23.3 Å². The predicted molar refractivity (Wildman–Crippen MR) is 147 cm³/mol. The molecule has 3 aromatic heterocycles. The summed E-state index contributed by atoms with van der Waals surface area (Å²) in [6.07, 6.45) is 1.62. The first-order chi connectivity index (χ1) is 18.1. The minimum atomic E-state index is -0.628. The zero-order valence-electron chi connectivity index (χ0n) is 20.0. The van der Waals surface area contributed by atoms with Crippen LogP contribution in [0.5, 0.6) is 5.75 Å². The van der Waals surface area contributed by atoms with E-state index < -0.39 is 6.04 Å². The number of nitrogens with zero attached hydrogens (tertiary/aromatic N) is 1. The van der Waals surface area contributed by atoms with Crippen LogP contribution < -0.4 is 15.0 Å². The Morgan fingerprint density at radius 3 is 2.68 bits per heavy atom. The molecule has 0 radical (unpaired) electrons. The van der Waals surface area contributed by atoms with Crippen LogP contribution in [0.3, 0.4) is 0 Å². The van der Waals surface area contributed by atoms with E-state index in [4.69, 9.17) is 9.15 Å². The van der Waals surface area contributed by atoms with E-state index in [0.29, 0.717) is 13.1 Å². The SMILES string of the molecule is COc1ccc([C@@H](NSc2ccc3[nH]c(=O)ccc3c2)C(=O)N(Cc2ccco2)Cc2cccs2)cc1. The number of aromatic amines is 1. The quantitative estimate of drug-likeness (QED) is 0.223. The standard InChI is InChI=1S/C28H25N3O4S2/c1-34-21-9-6-19(7-10-21)27(30-37-23-11-12-25-20(16-23)8-13-26(32)29-25)28(33)31(17-22-4-2-14-35-22)18-24-5-3-15-36-24/h2-16,27,30H,17-18H2,1H3,(H,29,32)/t27-/m1/s1. The zero-order valence-corrected chi connectivity index (χ0v) is 21.7. The van der Waals surface area contributed by atoms with E-state index in [0.717, 1.165) is 37.7 Å². The van der Waals surface area contributed by atoms with Gasteiger partial charge in [0.15, 0.2) is 0 Å². The average molecular weight is 532 g/mol. The number of ether oxygens (including phenoxy) is 1. The molecule has 2 N–H and O–H groups in total. The second-order valence-electron chi connectivity index (χ2n) is 8.35. The normalized spacial score (nSPS) is 11.9. The number of methoxy groups -OCH3 is 1. The maximum absolute atomic E-state index is 14.1. The molecule has 0 saturated heterocycles. The number of rotatable bonds is 10. The minimum Gasteiger partial charge on any atom is -0.497 e. The molecular weight excluding hydrogens is 506 g/mol. The third-order valence-electron chi connectivity index (χ3n) is 5.85. The van der Waals surface area contributed by atoms with Gasteiger partial charge in [-0.1, -0.05) is 18.2 Å². The van der Waals surface area contributed by atoms with E-state index in [1.54, 1.807) is 35.7 Å². The van der Waals surface area contributed by atoms with E-state index in [1.807, 2.05) is 72.1 Å². The van der Waals surface area contributed by atoms with Crippen molar-refractivity contribution < 1.29 is 13.9 Å². The number of benzene rings is 2. The van der Waals surface area contributed by atoms with Gasteiger partial charge in [-0.25, -0.2) is 4.72 Å². The van der Waals surface area contributed by atoms with Crippen molar-refractivity contribution in [2.75, 3.05) is 7.11 Å². The number of amides is 1. The first-order valence-electron chi connectivity index (χ1n) is 11.6. The number of H-pyrrole nitrogens is 1. The molecule has 0 saturated carbocycles. The number of carbonyl (C=O) groups excluding carboxylic acids is 1. The molecule has 1 atom stereocenters. The Balaban J connectivity index is 1.43. The van der Waals surface area contributed by atoms with Crippen LogP contribution in [0.1, 0.15) is 22.2 Å². The lowest BCUT2D eigenvalue weighted by Crippen LogP contribution is -2.38. The molecule has 0 fully saturated rings. The molecule has 0 unspecified atom stereocenters. The fourth-order valence-electron chi connectivity index (χ4n) is 3.96. The molecule has 188 valence electrons. The molecule has 0 aliphatic carbocycles. The highest BCUT2D eigenvalue weighted by atomic mass is 32.2. The van der Waals surface area contributed by atoms with Crippen molar-refractivity contribution >= 4 is 40.1 Å². The lowest BCUT2D eigenvalue weighted by molar-refractivity contribution is -0.134. The molecule has 37 heavy (non-hydrogen) atoms. The first-order valence-corrected chi connectivity index (χ1v) is 13.3. The third kappa shape index (κ3) is 6.14. The predicted octanol–water partition coefficient (Wildman–Crippen LogP) is 5.76. The van der Waals surface area contributed by atoms with Gasteiger partial charge in [0.25, 0.3) is 0 Å². The topological polar surface area (TPSA) is 87.6 Å². The van der Waals surface area contributed by atoms with E-state index >= 15 is 0 Å². The Morgan fingerprint density at radius 1 is 1.08 bits per heavy atom. The number of pyridine rings is 1. The molecule has 3 heterocycles. The van der Waals surface area contributed by atoms with E-state index in [-0.39, 0.29) is 11.5 Å². The second-order valence-corrected chi connectivity index (χ2v) is 10.3. The van der Waals surface area contributed by atoms with Crippen molar-refractivity contribution in [1.29, 1.82) is 0 Å². The van der Waals surface area contributed by atoms with Gasteiger partial charge in [0, 0.05) is 21.4 Å². The van der Waals surface area contributed by atoms with Gasteiger partial charge in [0.05, 0.1) is 26.5 Å². The van der Waals surface area contributed by atoms with Gasteiger partial charge in [0.2, 0.25) is 11.5 Å². The van der Waals surface area contributed by atoms with E-state index in [9.17, 15) is 9.59 Å². The smallest absolute Gasteiger partial charge is 0.248 e. The highest BCUT2D eigenvalue weighted by molar-refractivity contribution is 7.97. The van der Waals surface area contributed by atoms with E-state index in [1.165, 1.54) is 18.0 Å². The van der Waals surface area contributed by atoms with Crippen molar-refractivity contribution in [3.8, 4) is 5.75 Å². The number of aromatic nitrogens is 1. The number of hydrogen-bond donors (Lipinski definition) is 2. The summed E-state index contributed by atoms with van der Waals surface area (Å²) in [5, 5.41) is 2.92. The molecule has 5 rings (SSSR count). The molecule has 5 aromatic rings. The Labute approximate surface area is 222 Å². The van der Waals surface area contributed by atoms with Gasteiger partial charge in [0.1, 0.15) is 17.6 Å². The number of thiophene rings is 1. The molecule has 0 spiro atoms. The summed E-state index contributed by atoms with van der Waals surface area (Å²) in [7, 11) is 1.62. The Morgan fingerprint density at radius 2 is 1.95 bits per heavy atom. The summed E-state index contributed by atoms with van der Waals surface area (Å²) in [5.74, 6) is 1.36. The maximum Gasteiger partial charge on any atom is 0.248 e. The van der Waals surface area contributed by atoms with Crippen LogP contribution in [0.15, 0.2) is 105 Å². The maximum atomic E-state index is 14.1. The van der Waals surface area contributed by atoms with Crippen LogP contribution in [0.4, 0.5) is 0 Å². The molecule has 0 aliphatic rings.